The molecule has 5 nitrogen and oxygen atoms in total. The first kappa shape index (κ1) is 246. The van der Waals surface area contributed by atoms with Crippen molar-refractivity contribution in [2.24, 2.45) is 0 Å². The van der Waals surface area contributed by atoms with E-state index in [1.54, 1.807) is 0 Å². The molecule has 0 spiro atoms. The molecule has 0 aromatic carbocycles. The second-order valence-electron chi connectivity index (χ2n) is 0. The Morgan fingerprint density at radius 1 is 0.556 bits per heavy atom. The summed E-state index contributed by atoms with van der Waals surface area (Å²) in [5.74, 6) is 0. The summed E-state index contributed by atoms with van der Waals surface area (Å²) < 4.78 is 0. The summed E-state index contributed by atoms with van der Waals surface area (Å²) in [7, 11) is 0. The van der Waals surface area contributed by atoms with Crippen LogP contribution in [0.5, 0.6) is 0 Å². The van der Waals surface area contributed by atoms with E-state index in [-0.39, 0.29) is 102 Å². The van der Waals surface area contributed by atoms with Crippen molar-refractivity contribution in [3.05, 3.63) is 0 Å². The molecule has 0 amide bonds. The third-order valence-corrected chi connectivity index (χ3v) is 0. The minimum absolute atomic E-state index is 0. The van der Waals surface area contributed by atoms with Gasteiger partial charge in [0.05, 0.1) is 0 Å². The molecule has 0 aliphatic carbocycles. The molecule has 0 N–H and O–H groups in total. The van der Waals surface area contributed by atoms with Gasteiger partial charge in [-0.1, -0.05) is 0 Å². The van der Waals surface area contributed by atoms with Gasteiger partial charge in [-0.3, -0.25) is 0 Å². The molecule has 0 saturated heterocycles. The molecule has 9 heteroatoms. The molecular formula is AgCuMnO5V-5. The van der Waals surface area contributed by atoms with Gasteiger partial charge in [0.25, 0.3) is 0 Å². The Labute approximate surface area is 102 Å². The Bertz CT molecular complexity index is 16.9. The first-order chi connectivity index (χ1) is 0. The first-order valence-corrected chi connectivity index (χ1v) is 0. The zero-order valence-corrected chi connectivity index (χ0v) is 8.47. The van der Waals surface area contributed by atoms with E-state index in [9.17, 15) is 0 Å². The SMILES string of the molecule is [Ag+].[Cu+2].[Mn+2].[O-2].[O-2].[O-2].[O-2].[O-2].[V]. The monoisotopic (exact) mass is 356 g/mol. The van der Waals surface area contributed by atoms with E-state index >= 15 is 0 Å². The van der Waals surface area contributed by atoms with Gasteiger partial charge >= 0.3 is 56.5 Å². The summed E-state index contributed by atoms with van der Waals surface area (Å²) in [5, 5.41) is 0. The summed E-state index contributed by atoms with van der Waals surface area (Å²) >= 11 is 0. The van der Waals surface area contributed by atoms with E-state index in [2.05, 4.69) is 0 Å². The van der Waals surface area contributed by atoms with Crippen LogP contribution < -0.4 is 0 Å². The van der Waals surface area contributed by atoms with Crippen LogP contribution in [0.2, 0.25) is 0 Å². The Hall–Kier alpha value is 2.16. The molecular weight excluding hydrogens is 357 g/mol. The van der Waals surface area contributed by atoms with E-state index in [4.69, 9.17) is 0 Å². The van der Waals surface area contributed by atoms with Gasteiger partial charge in [0.15, 0.2) is 0 Å². The topological polar surface area (TPSA) is 142 Å². The normalized spacial score (nSPS) is 0. The molecule has 0 atom stereocenters. The van der Waals surface area contributed by atoms with Gasteiger partial charge in [0.2, 0.25) is 0 Å². The Kier molecular flexibility index (Phi) is 4990. The second kappa shape index (κ2) is 182. The van der Waals surface area contributed by atoms with Gasteiger partial charge in [-0.15, -0.1) is 0 Å². The molecule has 0 aliphatic heterocycles. The zero-order valence-electron chi connectivity index (χ0n) is 3.47. The van der Waals surface area contributed by atoms with Gasteiger partial charge in [-0.05, 0) is 0 Å². The van der Waals surface area contributed by atoms with Crippen molar-refractivity contribution in [1.29, 1.82) is 0 Å². The average molecular weight is 357 g/mol. The zero-order chi connectivity index (χ0) is 0. The summed E-state index contributed by atoms with van der Waals surface area (Å²) in [5.41, 5.74) is 0. The standard InChI is InChI=1S/Ag.Cu.Mn.5O.V/q+1;2*+2;5*-2;. The summed E-state index contributed by atoms with van der Waals surface area (Å²) in [6, 6.07) is 0. The maximum atomic E-state index is 0. The van der Waals surface area contributed by atoms with Gasteiger partial charge in [-0.2, -0.15) is 0 Å². The van der Waals surface area contributed by atoms with Gasteiger partial charge in [0.1, 0.15) is 0 Å². The Morgan fingerprint density at radius 3 is 0.556 bits per heavy atom. The fraction of sp³-hybridized carbons (Fsp3) is 0. The van der Waals surface area contributed by atoms with Crippen molar-refractivity contribution in [2.75, 3.05) is 0 Å². The molecule has 9 heavy (non-hydrogen) atoms. The summed E-state index contributed by atoms with van der Waals surface area (Å²) in [6.45, 7) is 0. The number of hydrogen-bond acceptors (Lipinski definition) is 0. The van der Waals surface area contributed by atoms with Crippen LogP contribution in [0.4, 0.5) is 0 Å². The van der Waals surface area contributed by atoms with Crippen LogP contribution in [0.1, 0.15) is 0 Å². The minimum Gasteiger partial charge on any atom is -2.00 e. The van der Waals surface area contributed by atoms with Crippen LogP contribution in [-0.4, -0.2) is 0 Å². The largest absolute Gasteiger partial charge is 2.00 e. The smallest absolute Gasteiger partial charge is 2.00 e. The van der Waals surface area contributed by atoms with Crippen LogP contribution in [0, 0.1) is 0 Å². The Morgan fingerprint density at radius 2 is 0.556 bits per heavy atom. The second-order valence-corrected chi connectivity index (χ2v) is 0. The van der Waals surface area contributed by atoms with Crippen molar-refractivity contribution in [1.82, 2.24) is 0 Å². The van der Waals surface area contributed by atoms with Gasteiger partial charge < -0.3 is 27.4 Å². The molecule has 0 bridgehead atoms. The molecule has 0 heterocycles. The van der Waals surface area contributed by atoms with E-state index in [1.807, 2.05) is 0 Å². The van der Waals surface area contributed by atoms with Crippen molar-refractivity contribution in [2.45, 2.75) is 0 Å². The fourth-order valence-corrected chi connectivity index (χ4v) is 0. The fourth-order valence-electron chi connectivity index (χ4n) is 0. The van der Waals surface area contributed by atoms with E-state index < -0.39 is 0 Å². The van der Waals surface area contributed by atoms with Crippen molar-refractivity contribution < 1.29 is 102 Å². The molecule has 0 unspecified atom stereocenters. The van der Waals surface area contributed by atoms with Crippen molar-refractivity contribution in [3.8, 4) is 0 Å². The molecule has 0 aliphatic rings. The van der Waals surface area contributed by atoms with Crippen LogP contribution in [-0.2, 0) is 102 Å². The van der Waals surface area contributed by atoms with Crippen LogP contribution in [0.15, 0.2) is 0 Å². The number of rotatable bonds is 0. The van der Waals surface area contributed by atoms with E-state index in [0.717, 1.165) is 0 Å². The maximum Gasteiger partial charge on any atom is 2.00 e. The molecule has 0 rings (SSSR count). The third-order valence-electron chi connectivity index (χ3n) is 0. The summed E-state index contributed by atoms with van der Waals surface area (Å²) in [4.78, 5) is 0. The van der Waals surface area contributed by atoms with E-state index in [0.29, 0.717) is 0 Å². The summed E-state index contributed by atoms with van der Waals surface area (Å²) in [6.07, 6.45) is 0. The van der Waals surface area contributed by atoms with Crippen molar-refractivity contribution >= 4 is 0 Å². The van der Waals surface area contributed by atoms with Crippen LogP contribution in [0.25, 0.3) is 0 Å². The van der Waals surface area contributed by atoms with Gasteiger partial charge in [-0.25, -0.2) is 0 Å². The van der Waals surface area contributed by atoms with Crippen LogP contribution in [0.3, 0.4) is 0 Å². The first-order valence-electron chi connectivity index (χ1n) is 0. The number of hydrogen-bond donors (Lipinski definition) is 0. The predicted molar refractivity (Wildman–Crippen MR) is 3.43 cm³/mol. The maximum absolute atomic E-state index is 0. The molecule has 0 aromatic heterocycles. The van der Waals surface area contributed by atoms with Gasteiger partial charge in [0, 0.05) is 18.6 Å². The molecule has 3 radical (unpaired) electrons. The molecule has 0 aromatic rings. The predicted octanol–water partition coefficient (Wildman–Crippen LogP) is -0.604. The van der Waals surface area contributed by atoms with Crippen LogP contribution >= 0.6 is 0 Å². The molecule has 69 valence electrons. The average Bonchev–Trinajstić information content (AvgIpc) is 0. The quantitative estimate of drug-likeness (QED) is 0.510. The van der Waals surface area contributed by atoms with E-state index in [1.165, 1.54) is 0 Å². The Balaban J connectivity index is 0. The minimum atomic E-state index is 0. The molecule has 0 fully saturated rings. The van der Waals surface area contributed by atoms with Crippen molar-refractivity contribution in [3.63, 3.8) is 0 Å². The molecule has 0 saturated carbocycles. The third kappa shape index (κ3) is 145.